The Bertz CT molecular complexity index is 217. The van der Waals surface area contributed by atoms with Crippen LogP contribution in [0, 0.1) is 0 Å². The lowest BCUT2D eigenvalue weighted by molar-refractivity contribution is -0.121. The molecule has 0 fully saturated rings. The third-order valence-electron chi connectivity index (χ3n) is 2.38. The lowest BCUT2D eigenvalue weighted by Gasteiger charge is -2.07. The second kappa shape index (κ2) is 16.3. The molecule has 0 unspecified atom stereocenters. The first-order chi connectivity index (χ1) is 9.81. The van der Waals surface area contributed by atoms with Crippen molar-refractivity contribution in [2.45, 2.75) is 6.42 Å². The molecule has 0 radical (unpaired) electrons. The van der Waals surface area contributed by atoms with Crippen LogP contribution in [0.1, 0.15) is 6.42 Å². The molecule has 0 atom stereocenters. The Balaban J connectivity index is 3.07. The van der Waals surface area contributed by atoms with Gasteiger partial charge < -0.3 is 29.6 Å². The highest BCUT2D eigenvalue weighted by Crippen LogP contribution is 1.81. The summed E-state index contributed by atoms with van der Waals surface area (Å²) in [5.41, 5.74) is 0. The minimum absolute atomic E-state index is 0.0296. The molecule has 2 N–H and O–H groups in total. The van der Waals surface area contributed by atoms with Crippen molar-refractivity contribution in [3.05, 3.63) is 0 Å². The zero-order valence-corrected chi connectivity index (χ0v) is 12.6. The van der Waals surface area contributed by atoms with E-state index >= 15 is 0 Å². The van der Waals surface area contributed by atoms with Crippen LogP contribution in [0.4, 0.5) is 0 Å². The maximum Gasteiger partial charge on any atom is 0.221 e. The summed E-state index contributed by atoms with van der Waals surface area (Å²) in [6, 6.07) is 0. The van der Waals surface area contributed by atoms with E-state index in [2.05, 4.69) is 10.6 Å². The number of methoxy groups -OCH3 is 2. The molecule has 7 heteroatoms. The fourth-order valence-corrected chi connectivity index (χ4v) is 1.32. The van der Waals surface area contributed by atoms with Crippen LogP contribution in [0.5, 0.6) is 0 Å². The van der Waals surface area contributed by atoms with Crippen molar-refractivity contribution < 1.29 is 23.7 Å². The summed E-state index contributed by atoms with van der Waals surface area (Å²) in [6.07, 6.45) is 0.462. The van der Waals surface area contributed by atoms with Gasteiger partial charge in [-0.2, -0.15) is 0 Å². The maximum absolute atomic E-state index is 11.3. The average molecular weight is 292 g/mol. The molecule has 0 aliphatic carbocycles. The largest absolute Gasteiger partial charge is 0.383 e. The summed E-state index contributed by atoms with van der Waals surface area (Å²) in [6.45, 7) is 5.42. The normalized spacial score (nSPS) is 10.7. The molecular weight excluding hydrogens is 264 g/mol. The fraction of sp³-hybridized carbons (Fsp3) is 0.923. The van der Waals surface area contributed by atoms with Gasteiger partial charge in [0.25, 0.3) is 0 Å². The molecule has 0 aromatic heterocycles. The Morgan fingerprint density at radius 1 is 0.800 bits per heavy atom. The van der Waals surface area contributed by atoms with E-state index in [1.54, 1.807) is 14.2 Å². The van der Waals surface area contributed by atoms with Gasteiger partial charge in [0.05, 0.1) is 39.6 Å². The summed E-state index contributed by atoms with van der Waals surface area (Å²) < 4.78 is 20.3. The van der Waals surface area contributed by atoms with E-state index in [1.165, 1.54) is 0 Å². The molecule has 120 valence electrons. The van der Waals surface area contributed by atoms with Gasteiger partial charge in [0, 0.05) is 40.3 Å². The second-order valence-electron chi connectivity index (χ2n) is 4.06. The zero-order chi connectivity index (χ0) is 14.9. The Kier molecular flexibility index (Phi) is 15.7. The predicted molar refractivity (Wildman–Crippen MR) is 75.9 cm³/mol. The molecule has 0 aromatic rings. The Morgan fingerprint density at radius 3 is 2.15 bits per heavy atom. The molecule has 20 heavy (non-hydrogen) atoms. The van der Waals surface area contributed by atoms with E-state index in [9.17, 15) is 4.79 Å². The van der Waals surface area contributed by atoms with Crippen molar-refractivity contribution in [2.75, 3.05) is 73.5 Å². The van der Waals surface area contributed by atoms with Crippen molar-refractivity contribution in [1.82, 2.24) is 10.6 Å². The molecule has 1 amide bonds. The van der Waals surface area contributed by atoms with Crippen molar-refractivity contribution in [3.63, 3.8) is 0 Å². The first kappa shape index (κ1) is 19.3. The molecule has 0 bridgehead atoms. The molecular formula is C13H28N2O5. The molecule has 0 aliphatic heterocycles. The van der Waals surface area contributed by atoms with Gasteiger partial charge in [-0.3, -0.25) is 4.79 Å². The highest BCUT2D eigenvalue weighted by Gasteiger charge is 1.99. The number of ether oxygens (including phenoxy) is 4. The Hall–Kier alpha value is -0.730. The molecule has 0 aromatic carbocycles. The van der Waals surface area contributed by atoms with E-state index in [-0.39, 0.29) is 5.91 Å². The van der Waals surface area contributed by atoms with E-state index < -0.39 is 0 Å². The number of rotatable bonds is 15. The van der Waals surface area contributed by atoms with Crippen LogP contribution in [-0.4, -0.2) is 79.4 Å². The smallest absolute Gasteiger partial charge is 0.221 e. The zero-order valence-electron chi connectivity index (χ0n) is 12.6. The number of nitrogens with one attached hydrogen (secondary N) is 2. The van der Waals surface area contributed by atoms with Gasteiger partial charge in [-0.15, -0.1) is 0 Å². The third kappa shape index (κ3) is 15.3. The standard InChI is InChI=1S/C13H28N2O5/c1-17-7-6-15-13(16)3-4-14-5-8-19-11-12-20-10-9-18-2/h14H,3-12H2,1-2H3,(H,15,16). The summed E-state index contributed by atoms with van der Waals surface area (Å²) in [4.78, 5) is 11.3. The minimum atomic E-state index is 0.0296. The van der Waals surface area contributed by atoms with Crippen molar-refractivity contribution in [2.24, 2.45) is 0 Å². The van der Waals surface area contributed by atoms with Crippen molar-refractivity contribution in [1.29, 1.82) is 0 Å². The molecule has 7 nitrogen and oxygen atoms in total. The lowest BCUT2D eigenvalue weighted by Crippen LogP contribution is -2.31. The van der Waals surface area contributed by atoms with Crippen molar-refractivity contribution in [3.8, 4) is 0 Å². The van der Waals surface area contributed by atoms with Crippen LogP contribution < -0.4 is 10.6 Å². The number of hydrogen-bond acceptors (Lipinski definition) is 6. The quantitative estimate of drug-likeness (QED) is 0.393. The van der Waals surface area contributed by atoms with Gasteiger partial charge in [-0.1, -0.05) is 0 Å². The number of hydrogen-bond donors (Lipinski definition) is 2. The molecule has 0 heterocycles. The summed E-state index contributed by atoms with van der Waals surface area (Å²) >= 11 is 0. The summed E-state index contributed by atoms with van der Waals surface area (Å²) in [5, 5.41) is 5.90. The topological polar surface area (TPSA) is 78.1 Å². The maximum atomic E-state index is 11.3. The number of carbonyl (C=O) groups excluding carboxylic acids is 1. The van der Waals surface area contributed by atoms with Crippen LogP contribution in [0.15, 0.2) is 0 Å². The van der Waals surface area contributed by atoms with Gasteiger partial charge in [-0.25, -0.2) is 0 Å². The average Bonchev–Trinajstić information content (AvgIpc) is 2.45. The third-order valence-corrected chi connectivity index (χ3v) is 2.38. The van der Waals surface area contributed by atoms with Gasteiger partial charge in [-0.05, 0) is 0 Å². The van der Waals surface area contributed by atoms with Crippen LogP contribution in [-0.2, 0) is 23.7 Å². The van der Waals surface area contributed by atoms with Crippen LogP contribution in [0.25, 0.3) is 0 Å². The van der Waals surface area contributed by atoms with Crippen molar-refractivity contribution >= 4 is 5.91 Å². The first-order valence-corrected chi connectivity index (χ1v) is 6.92. The first-order valence-electron chi connectivity index (χ1n) is 6.92. The molecule has 0 saturated heterocycles. The predicted octanol–water partition coefficient (Wildman–Crippen LogP) is -0.592. The highest BCUT2D eigenvalue weighted by molar-refractivity contribution is 5.75. The molecule has 0 spiro atoms. The van der Waals surface area contributed by atoms with Crippen LogP contribution in [0.3, 0.4) is 0 Å². The van der Waals surface area contributed by atoms with Crippen LogP contribution >= 0.6 is 0 Å². The fourth-order valence-electron chi connectivity index (χ4n) is 1.32. The second-order valence-corrected chi connectivity index (χ2v) is 4.06. The Labute approximate surface area is 121 Å². The van der Waals surface area contributed by atoms with E-state index in [0.29, 0.717) is 59.2 Å². The lowest BCUT2D eigenvalue weighted by atomic mass is 10.4. The summed E-state index contributed by atoms with van der Waals surface area (Å²) in [5.74, 6) is 0.0296. The number of carbonyl (C=O) groups is 1. The van der Waals surface area contributed by atoms with Gasteiger partial charge in [0.1, 0.15) is 0 Å². The molecule has 0 saturated carbocycles. The van der Waals surface area contributed by atoms with E-state index in [1.807, 2.05) is 0 Å². The Morgan fingerprint density at radius 2 is 1.45 bits per heavy atom. The van der Waals surface area contributed by atoms with E-state index in [4.69, 9.17) is 18.9 Å². The molecule has 0 rings (SSSR count). The van der Waals surface area contributed by atoms with Gasteiger partial charge in [0.15, 0.2) is 0 Å². The van der Waals surface area contributed by atoms with Gasteiger partial charge >= 0.3 is 0 Å². The summed E-state index contributed by atoms with van der Waals surface area (Å²) in [7, 11) is 3.25. The van der Waals surface area contributed by atoms with Gasteiger partial charge in [0.2, 0.25) is 5.91 Å². The minimum Gasteiger partial charge on any atom is -0.383 e. The van der Waals surface area contributed by atoms with E-state index in [0.717, 1.165) is 6.54 Å². The number of amides is 1. The SMILES string of the molecule is COCCNC(=O)CCNCCOCCOCCOC. The van der Waals surface area contributed by atoms with Crippen LogP contribution in [0.2, 0.25) is 0 Å². The highest BCUT2D eigenvalue weighted by atomic mass is 16.5. The monoisotopic (exact) mass is 292 g/mol. The molecule has 0 aliphatic rings.